The van der Waals surface area contributed by atoms with Gasteiger partial charge in [-0.05, 0) is 55.4 Å². The Labute approximate surface area is 181 Å². The Morgan fingerprint density at radius 3 is 2.84 bits per heavy atom. The zero-order chi connectivity index (χ0) is 21.7. The highest BCUT2D eigenvalue weighted by Crippen LogP contribution is 2.44. The molecule has 3 aliphatic heterocycles. The summed E-state index contributed by atoms with van der Waals surface area (Å²) in [6.45, 7) is 1.65. The summed E-state index contributed by atoms with van der Waals surface area (Å²) < 4.78 is 0. The van der Waals surface area contributed by atoms with Crippen molar-refractivity contribution in [2.45, 2.75) is 62.3 Å². The van der Waals surface area contributed by atoms with Gasteiger partial charge in [-0.25, -0.2) is 0 Å². The Hall–Kier alpha value is -2.94. The number of hydrogen-bond acceptors (Lipinski definition) is 6. The summed E-state index contributed by atoms with van der Waals surface area (Å²) in [5.74, 6) is -0.0664. The Morgan fingerprint density at radius 2 is 2.10 bits per heavy atom. The number of likely N-dealkylation sites (tertiary alicyclic amines) is 3. The Bertz CT molecular complexity index is 1010. The van der Waals surface area contributed by atoms with E-state index in [2.05, 4.69) is 17.0 Å². The van der Waals surface area contributed by atoms with E-state index in [9.17, 15) is 14.9 Å². The third-order valence-corrected chi connectivity index (χ3v) is 7.40. The average molecular weight is 419 g/mol. The van der Waals surface area contributed by atoms with Crippen molar-refractivity contribution < 1.29 is 9.59 Å². The Balaban J connectivity index is 1.25. The van der Waals surface area contributed by atoms with Crippen molar-refractivity contribution in [3.05, 3.63) is 34.9 Å². The summed E-state index contributed by atoms with van der Waals surface area (Å²) in [6, 6.07) is 9.03. The normalized spacial score (nSPS) is 30.4. The quantitative estimate of drug-likeness (QED) is 0.768. The van der Waals surface area contributed by atoms with Crippen LogP contribution in [0.25, 0.3) is 0 Å². The standard InChI is InChI=1S/C23H26N6O2/c24-10-14-3-5-18-15(8-14)4-6-20(18)29-17-9-21(23(29)31)27(12-17)13-19(26)22(30)28-7-1-2-16(28)11-25/h3,5,8,16-17,19-21H,1-2,4,6-7,9,12-13,26H2/t16-,17-,19-,20?,21?/m0/s1. The number of nitrogens with zero attached hydrogens (tertiary/aromatic N) is 5. The largest absolute Gasteiger partial charge is 0.330 e. The van der Waals surface area contributed by atoms with Crippen LogP contribution in [0, 0.1) is 22.7 Å². The summed E-state index contributed by atoms with van der Waals surface area (Å²) in [6.07, 6.45) is 4.08. The van der Waals surface area contributed by atoms with Gasteiger partial charge in [0.05, 0.1) is 35.8 Å². The number of benzene rings is 1. The van der Waals surface area contributed by atoms with Crippen LogP contribution in [0.4, 0.5) is 0 Å². The van der Waals surface area contributed by atoms with Crippen LogP contribution >= 0.6 is 0 Å². The first-order valence-corrected chi connectivity index (χ1v) is 11.1. The van der Waals surface area contributed by atoms with Crippen LogP contribution in [-0.4, -0.2) is 70.3 Å². The zero-order valence-electron chi connectivity index (χ0n) is 17.4. The van der Waals surface area contributed by atoms with E-state index in [0.717, 1.165) is 37.8 Å². The number of carbonyl (C=O) groups is 2. The molecule has 3 heterocycles. The zero-order valence-corrected chi connectivity index (χ0v) is 17.4. The van der Waals surface area contributed by atoms with Crippen LogP contribution in [0.15, 0.2) is 18.2 Å². The van der Waals surface area contributed by atoms with Crippen LogP contribution in [0.1, 0.15) is 48.4 Å². The first kappa shape index (κ1) is 20.0. The van der Waals surface area contributed by atoms with Crippen molar-refractivity contribution in [1.29, 1.82) is 10.5 Å². The minimum atomic E-state index is -0.717. The van der Waals surface area contributed by atoms with Crippen molar-refractivity contribution in [2.75, 3.05) is 19.6 Å². The number of hydrogen-bond donors (Lipinski definition) is 1. The summed E-state index contributed by atoms with van der Waals surface area (Å²) in [5, 5.41) is 18.4. The third kappa shape index (κ3) is 3.18. The number of fused-ring (bicyclic) bond motifs is 3. The second-order valence-corrected chi connectivity index (χ2v) is 9.11. The lowest BCUT2D eigenvalue weighted by atomic mass is 10.0. The molecule has 0 radical (unpaired) electrons. The van der Waals surface area contributed by atoms with Crippen LogP contribution < -0.4 is 5.73 Å². The number of rotatable bonds is 4. The minimum Gasteiger partial charge on any atom is -0.330 e. The van der Waals surface area contributed by atoms with E-state index in [1.165, 1.54) is 5.56 Å². The first-order chi connectivity index (χ1) is 15.0. The van der Waals surface area contributed by atoms with Crippen LogP contribution in [-0.2, 0) is 16.0 Å². The SMILES string of the molecule is N#Cc1ccc2c(c1)CCC2N1C(=O)C2C[C@H]1CN2C[C@H](N)C(=O)N1CCC[C@H]1C#N. The molecule has 2 unspecified atom stereocenters. The maximum atomic E-state index is 13.3. The first-order valence-electron chi connectivity index (χ1n) is 11.1. The highest BCUT2D eigenvalue weighted by atomic mass is 16.2. The number of aryl methyl sites for hydroxylation is 1. The maximum absolute atomic E-state index is 13.3. The van der Waals surface area contributed by atoms with Gasteiger partial charge in [0, 0.05) is 25.7 Å². The van der Waals surface area contributed by atoms with Crippen molar-refractivity contribution >= 4 is 11.8 Å². The highest BCUT2D eigenvalue weighted by molar-refractivity contribution is 5.87. The molecule has 2 N–H and O–H groups in total. The number of piperazine rings is 1. The van der Waals surface area contributed by atoms with E-state index in [-0.39, 0.29) is 36.0 Å². The molecule has 5 rings (SSSR count). The van der Waals surface area contributed by atoms with Crippen molar-refractivity contribution in [3.63, 3.8) is 0 Å². The van der Waals surface area contributed by atoms with E-state index >= 15 is 0 Å². The summed E-state index contributed by atoms with van der Waals surface area (Å²) in [7, 11) is 0. The van der Waals surface area contributed by atoms with Crippen molar-refractivity contribution in [2.24, 2.45) is 5.73 Å². The molecule has 160 valence electrons. The number of nitrogens with two attached hydrogens (primary N) is 1. The molecule has 8 nitrogen and oxygen atoms in total. The summed E-state index contributed by atoms with van der Waals surface area (Å²) in [5.41, 5.74) is 9.22. The van der Waals surface area contributed by atoms with Gasteiger partial charge in [-0.3, -0.25) is 14.5 Å². The monoisotopic (exact) mass is 418 g/mol. The van der Waals surface area contributed by atoms with Crippen LogP contribution in [0.5, 0.6) is 0 Å². The number of amides is 2. The van der Waals surface area contributed by atoms with Gasteiger partial charge in [0.2, 0.25) is 11.8 Å². The van der Waals surface area contributed by atoms with E-state index in [1.54, 1.807) is 4.90 Å². The van der Waals surface area contributed by atoms with Gasteiger partial charge in [-0.15, -0.1) is 0 Å². The van der Waals surface area contributed by atoms with Crippen molar-refractivity contribution in [1.82, 2.24) is 14.7 Å². The predicted octanol–water partition coefficient (Wildman–Crippen LogP) is 0.673. The van der Waals surface area contributed by atoms with Gasteiger partial charge >= 0.3 is 0 Å². The topological polar surface area (TPSA) is 117 Å². The average Bonchev–Trinajstić information content (AvgIpc) is 3.55. The highest BCUT2D eigenvalue weighted by Gasteiger charge is 2.53. The summed E-state index contributed by atoms with van der Waals surface area (Å²) in [4.78, 5) is 31.7. The van der Waals surface area contributed by atoms with Crippen LogP contribution in [0.2, 0.25) is 0 Å². The van der Waals surface area contributed by atoms with Gasteiger partial charge in [0.25, 0.3) is 0 Å². The molecule has 2 bridgehead atoms. The molecule has 31 heavy (non-hydrogen) atoms. The third-order valence-electron chi connectivity index (χ3n) is 7.40. The second kappa shape index (κ2) is 7.64. The molecule has 8 heteroatoms. The van der Waals surface area contributed by atoms with Gasteiger partial charge < -0.3 is 15.5 Å². The molecule has 2 amide bonds. The smallest absolute Gasteiger partial charge is 0.241 e. The predicted molar refractivity (Wildman–Crippen MR) is 111 cm³/mol. The maximum Gasteiger partial charge on any atom is 0.241 e. The molecule has 4 aliphatic rings. The molecular weight excluding hydrogens is 392 g/mol. The van der Waals surface area contributed by atoms with Gasteiger partial charge in [0.1, 0.15) is 6.04 Å². The molecule has 0 saturated carbocycles. The van der Waals surface area contributed by atoms with E-state index in [4.69, 9.17) is 11.0 Å². The van der Waals surface area contributed by atoms with E-state index in [0.29, 0.717) is 25.1 Å². The fourth-order valence-electron chi connectivity index (χ4n) is 5.96. The number of nitriles is 2. The fourth-order valence-corrected chi connectivity index (χ4v) is 5.96. The van der Waals surface area contributed by atoms with Crippen LogP contribution in [0.3, 0.4) is 0 Å². The lowest BCUT2D eigenvalue weighted by molar-refractivity contribution is -0.141. The molecule has 0 aromatic heterocycles. The number of carbonyl (C=O) groups excluding carboxylic acids is 2. The van der Waals surface area contributed by atoms with Gasteiger partial charge in [-0.1, -0.05) is 6.07 Å². The molecule has 0 spiro atoms. The Kier molecular flexibility index (Phi) is 4.92. The van der Waals surface area contributed by atoms with E-state index < -0.39 is 6.04 Å². The Morgan fingerprint density at radius 1 is 1.26 bits per heavy atom. The van der Waals surface area contributed by atoms with Crippen molar-refractivity contribution in [3.8, 4) is 12.1 Å². The molecule has 1 aliphatic carbocycles. The molecule has 1 aromatic carbocycles. The molecule has 3 fully saturated rings. The lowest BCUT2D eigenvalue weighted by Gasteiger charge is -2.38. The molecule has 1 aromatic rings. The lowest BCUT2D eigenvalue weighted by Crippen LogP contribution is -2.56. The second-order valence-electron chi connectivity index (χ2n) is 9.11. The summed E-state index contributed by atoms with van der Waals surface area (Å²) >= 11 is 0. The van der Waals surface area contributed by atoms with Gasteiger partial charge in [0.15, 0.2) is 0 Å². The fraction of sp³-hybridized carbons (Fsp3) is 0.565. The molecule has 3 saturated heterocycles. The van der Waals surface area contributed by atoms with Gasteiger partial charge in [-0.2, -0.15) is 10.5 Å². The minimum absolute atomic E-state index is 0.0729. The van der Waals surface area contributed by atoms with E-state index in [1.807, 2.05) is 23.1 Å². The molecular formula is C23H26N6O2. The molecule has 5 atom stereocenters.